The zero-order chi connectivity index (χ0) is 19.5. The molecule has 1 aromatic heterocycles. The van der Waals surface area contributed by atoms with E-state index in [4.69, 9.17) is 9.47 Å². The van der Waals surface area contributed by atoms with Gasteiger partial charge in [-0.05, 0) is 68.4 Å². The van der Waals surface area contributed by atoms with Crippen molar-refractivity contribution in [2.75, 3.05) is 13.2 Å². The topological polar surface area (TPSA) is 67.8 Å². The van der Waals surface area contributed by atoms with Crippen LogP contribution in [0.3, 0.4) is 0 Å². The van der Waals surface area contributed by atoms with E-state index in [2.05, 4.69) is 16.8 Å². The van der Waals surface area contributed by atoms with Gasteiger partial charge in [-0.2, -0.15) is 0 Å². The molecule has 6 heteroatoms. The molecule has 1 amide bonds. The Labute approximate surface area is 171 Å². The van der Waals surface area contributed by atoms with Crippen LogP contribution in [0.5, 0.6) is 0 Å². The maximum atomic E-state index is 13.0. The molecule has 6 atom stereocenters. The van der Waals surface area contributed by atoms with Gasteiger partial charge in [0.05, 0.1) is 0 Å². The van der Waals surface area contributed by atoms with E-state index in [-0.39, 0.29) is 30.4 Å². The van der Waals surface area contributed by atoms with E-state index in [1.807, 2.05) is 19.1 Å². The smallest absolute Gasteiger partial charge is 0.286 e. The van der Waals surface area contributed by atoms with Gasteiger partial charge < -0.3 is 19.9 Å². The highest BCUT2D eigenvalue weighted by Gasteiger charge is 2.42. The molecular formula is C22H31NO4S. The van der Waals surface area contributed by atoms with Crippen molar-refractivity contribution in [3.05, 3.63) is 34.2 Å². The first-order chi connectivity index (χ1) is 13.7. The van der Waals surface area contributed by atoms with Crippen molar-refractivity contribution in [2.24, 2.45) is 17.8 Å². The summed E-state index contributed by atoms with van der Waals surface area (Å²) in [7, 11) is 0. The molecule has 1 aliphatic heterocycles. The largest absolute Gasteiger partial charge is 0.459 e. The Kier molecular flexibility index (Phi) is 6.38. The van der Waals surface area contributed by atoms with E-state index in [0.29, 0.717) is 24.7 Å². The van der Waals surface area contributed by atoms with Crippen LogP contribution >= 0.6 is 11.3 Å². The van der Waals surface area contributed by atoms with E-state index in [9.17, 15) is 9.90 Å². The van der Waals surface area contributed by atoms with Crippen LogP contribution < -0.4 is 5.32 Å². The van der Waals surface area contributed by atoms with Crippen LogP contribution in [0.1, 0.15) is 56.2 Å². The van der Waals surface area contributed by atoms with Crippen LogP contribution in [0.15, 0.2) is 29.3 Å². The van der Waals surface area contributed by atoms with Crippen LogP contribution in [0, 0.1) is 17.8 Å². The number of allylic oxidation sites excluding steroid dienone is 1. The predicted octanol–water partition coefficient (Wildman–Crippen LogP) is 3.80. The number of carbonyl (C=O) groups excluding carboxylic acids is 1. The molecule has 2 heterocycles. The third-order valence-corrected chi connectivity index (χ3v) is 7.54. The molecule has 0 aromatic carbocycles. The van der Waals surface area contributed by atoms with Gasteiger partial charge in [0.2, 0.25) is 6.29 Å². The Balaban J connectivity index is 1.54. The third-order valence-electron chi connectivity index (χ3n) is 6.56. The molecule has 154 valence electrons. The second-order valence-corrected chi connectivity index (χ2v) is 9.28. The number of nitrogens with one attached hydrogen (secondary N) is 1. The van der Waals surface area contributed by atoms with E-state index in [1.54, 1.807) is 11.3 Å². The Bertz CT molecular complexity index is 689. The maximum absolute atomic E-state index is 13.0. The summed E-state index contributed by atoms with van der Waals surface area (Å²) in [5.41, 5.74) is 0. The average molecular weight is 406 g/mol. The summed E-state index contributed by atoms with van der Waals surface area (Å²) in [5, 5.41) is 14.6. The van der Waals surface area contributed by atoms with E-state index < -0.39 is 6.29 Å². The zero-order valence-electron chi connectivity index (χ0n) is 16.5. The second kappa shape index (κ2) is 8.97. The molecule has 2 saturated carbocycles. The first-order valence-corrected chi connectivity index (χ1v) is 11.5. The number of amides is 1. The molecule has 0 saturated heterocycles. The fourth-order valence-electron chi connectivity index (χ4n) is 5.24. The van der Waals surface area contributed by atoms with Crippen LogP contribution in [0.25, 0.3) is 0 Å². The SMILES string of the molecule is CCO[C@H]1OC(C(=O)NC2CC3CCC2C3)=C[C@@H](c2cccs2)[C@@H]1CCCO. The minimum absolute atomic E-state index is 0.0672. The molecule has 0 radical (unpaired) electrons. The number of ether oxygens (including phenoxy) is 2. The van der Waals surface area contributed by atoms with Crippen molar-refractivity contribution < 1.29 is 19.4 Å². The highest BCUT2D eigenvalue weighted by atomic mass is 32.1. The summed E-state index contributed by atoms with van der Waals surface area (Å²) in [6.07, 6.45) is 7.91. The molecule has 4 rings (SSSR count). The molecular weight excluding hydrogens is 374 g/mol. The van der Waals surface area contributed by atoms with Gasteiger partial charge in [-0.3, -0.25) is 4.79 Å². The number of carbonyl (C=O) groups is 1. The number of rotatable bonds is 8. The number of aliphatic hydroxyl groups is 1. The maximum Gasteiger partial charge on any atom is 0.286 e. The average Bonchev–Trinajstić information content (AvgIpc) is 3.45. The van der Waals surface area contributed by atoms with E-state index in [0.717, 1.165) is 18.8 Å². The lowest BCUT2D eigenvalue weighted by Crippen LogP contribution is -2.43. The number of aliphatic hydroxyl groups excluding tert-OH is 1. The number of hydrogen-bond donors (Lipinski definition) is 2. The van der Waals surface area contributed by atoms with Crippen LogP contribution in [-0.2, 0) is 14.3 Å². The van der Waals surface area contributed by atoms with Gasteiger partial charge in [-0.25, -0.2) is 0 Å². The minimum atomic E-state index is -0.463. The summed E-state index contributed by atoms with van der Waals surface area (Å²) >= 11 is 1.69. The lowest BCUT2D eigenvalue weighted by Gasteiger charge is -2.37. The van der Waals surface area contributed by atoms with Crippen molar-refractivity contribution in [1.29, 1.82) is 0 Å². The molecule has 3 unspecified atom stereocenters. The summed E-state index contributed by atoms with van der Waals surface area (Å²) in [6, 6.07) is 4.43. The molecule has 28 heavy (non-hydrogen) atoms. The second-order valence-electron chi connectivity index (χ2n) is 8.30. The zero-order valence-corrected chi connectivity index (χ0v) is 17.3. The normalized spacial score (nSPS) is 34.1. The van der Waals surface area contributed by atoms with Gasteiger partial charge in [0.1, 0.15) is 0 Å². The monoisotopic (exact) mass is 405 g/mol. The predicted molar refractivity (Wildman–Crippen MR) is 109 cm³/mol. The number of fused-ring (bicyclic) bond motifs is 2. The molecule has 0 spiro atoms. The highest BCUT2D eigenvalue weighted by Crippen LogP contribution is 2.45. The Hall–Kier alpha value is -1.37. The lowest BCUT2D eigenvalue weighted by atomic mass is 9.84. The molecule has 2 bridgehead atoms. The van der Waals surface area contributed by atoms with Crippen molar-refractivity contribution >= 4 is 17.2 Å². The van der Waals surface area contributed by atoms with Crippen LogP contribution in [0.4, 0.5) is 0 Å². The van der Waals surface area contributed by atoms with Crippen LogP contribution in [-0.4, -0.2) is 36.6 Å². The number of hydrogen-bond acceptors (Lipinski definition) is 5. The van der Waals surface area contributed by atoms with E-state index >= 15 is 0 Å². The first kappa shape index (κ1) is 19.9. The van der Waals surface area contributed by atoms with Crippen LogP contribution in [0.2, 0.25) is 0 Å². The lowest BCUT2D eigenvalue weighted by molar-refractivity contribution is -0.166. The fourth-order valence-corrected chi connectivity index (χ4v) is 6.11. The quantitative estimate of drug-likeness (QED) is 0.690. The minimum Gasteiger partial charge on any atom is -0.459 e. The van der Waals surface area contributed by atoms with Gasteiger partial charge in [0, 0.05) is 36.0 Å². The van der Waals surface area contributed by atoms with Crippen molar-refractivity contribution in [3.63, 3.8) is 0 Å². The van der Waals surface area contributed by atoms with Gasteiger partial charge in [-0.15, -0.1) is 11.3 Å². The van der Waals surface area contributed by atoms with Gasteiger partial charge in [0.25, 0.3) is 5.91 Å². The number of thiophene rings is 1. The van der Waals surface area contributed by atoms with Gasteiger partial charge >= 0.3 is 0 Å². The van der Waals surface area contributed by atoms with Crippen molar-refractivity contribution in [2.45, 2.75) is 63.7 Å². The molecule has 2 fully saturated rings. The molecule has 5 nitrogen and oxygen atoms in total. The highest BCUT2D eigenvalue weighted by molar-refractivity contribution is 7.10. The Morgan fingerprint density at radius 3 is 2.93 bits per heavy atom. The molecule has 3 aliphatic rings. The molecule has 2 N–H and O–H groups in total. The molecule has 1 aromatic rings. The van der Waals surface area contributed by atoms with Crippen molar-refractivity contribution in [3.8, 4) is 0 Å². The Morgan fingerprint density at radius 2 is 2.29 bits per heavy atom. The fraction of sp³-hybridized carbons (Fsp3) is 0.682. The molecule has 2 aliphatic carbocycles. The Morgan fingerprint density at radius 1 is 1.39 bits per heavy atom. The van der Waals surface area contributed by atoms with E-state index in [1.165, 1.54) is 24.1 Å². The summed E-state index contributed by atoms with van der Waals surface area (Å²) in [5.74, 6) is 1.85. The standard InChI is InChI=1S/C22H31NO4S/c1-2-26-22-16(5-3-9-24)17(20-6-4-10-28-20)13-19(27-22)21(25)23-18-12-14-7-8-15(18)11-14/h4,6,10,13-18,22,24H,2-3,5,7-9,11-12H2,1H3,(H,23,25)/t14?,15?,16-,17+,18?,22-/m0/s1. The first-order valence-electron chi connectivity index (χ1n) is 10.6. The third kappa shape index (κ3) is 4.14. The van der Waals surface area contributed by atoms with Gasteiger partial charge in [-0.1, -0.05) is 12.5 Å². The summed E-state index contributed by atoms with van der Waals surface area (Å²) in [4.78, 5) is 14.2. The van der Waals surface area contributed by atoms with Gasteiger partial charge in [0.15, 0.2) is 5.76 Å². The summed E-state index contributed by atoms with van der Waals surface area (Å²) < 4.78 is 12.0. The summed E-state index contributed by atoms with van der Waals surface area (Å²) in [6.45, 7) is 2.62. The van der Waals surface area contributed by atoms with Crippen molar-refractivity contribution in [1.82, 2.24) is 5.32 Å².